The third-order valence-corrected chi connectivity index (χ3v) is 4.77. The maximum absolute atomic E-state index is 13.1. The third kappa shape index (κ3) is 5.15. The van der Waals surface area contributed by atoms with Crippen molar-refractivity contribution >= 4 is 23.4 Å². The van der Waals surface area contributed by atoms with Crippen LogP contribution in [0.15, 0.2) is 59.9 Å². The summed E-state index contributed by atoms with van der Waals surface area (Å²) in [6.45, 7) is 0.203. The molecule has 8 heteroatoms. The number of imidazole rings is 1. The highest BCUT2D eigenvalue weighted by Gasteiger charge is 2.13. The SMILES string of the molecule is O=C(CSc1ncc(CO)n1Cc1ccc(F)cc1)Nc1ccc(F)cc1. The topological polar surface area (TPSA) is 67.1 Å². The van der Waals surface area contributed by atoms with Crippen molar-refractivity contribution in [1.82, 2.24) is 9.55 Å². The Bertz CT molecular complexity index is 912. The Morgan fingerprint density at radius 1 is 1.07 bits per heavy atom. The van der Waals surface area contributed by atoms with E-state index in [0.717, 1.165) is 5.56 Å². The van der Waals surface area contributed by atoms with Gasteiger partial charge in [0.2, 0.25) is 5.91 Å². The average Bonchev–Trinajstić information content (AvgIpc) is 3.05. The van der Waals surface area contributed by atoms with Crippen molar-refractivity contribution in [2.24, 2.45) is 0 Å². The summed E-state index contributed by atoms with van der Waals surface area (Å²) in [5.41, 5.74) is 1.95. The van der Waals surface area contributed by atoms with Crippen LogP contribution in [0.5, 0.6) is 0 Å². The molecule has 0 bridgehead atoms. The summed E-state index contributed by atoms with van der Waals surface area (Å²) in [6.07, 6.45) is 1.55. The molecule has 0 saturated carbocycles. The molecule has 27 heavy (non-hydrogen) atoms. The van der Waals surface area contributed by atoms with Crippen molar-refractivity contribution in [3.05, 3.63) is 77.6 Å². The Balaban J connectivity index is 1.65. The van der Waals surface area contributed by atoms with Gasteiger partial charge in [-0.3, -0.25) is 4.79 Å². The van der Waals surface area contributed by atoms with E-state index in [-0.39, 0.29) is 29.9 Å². The highest BCUT2D eigenvalue weighted by molar-refractivity contribution is 7.99. The standard InChI is InChI=1S/C19H17F2N3O2S/c20-14-3-1-13(2-4-14)10-24-17(11-25)9-22-19(24)27-12-18(26)23-16-7-5-15(21)6-8-16/h1-9,25H,10-12H2,(H,23,26). The van der Waals surface area contributed by atoms with Gasteiger partial charge in [-0.1, -0.05) is 23.9 Å². The van der Waals surface area contributed by atoms with Gasteiger partial charge < -0.3 is 15.0 Å². The average molecular weight is 389 g/mol. The molecule has 1 aromatic heterocycles. The van der Waals surface area contributed by atoms with E-state index in [1.54, 1.807) is 22.9 Å². The Morgan fingerprint density at radius 3 is 2.33 bits per heavy atom. The first-order chi connectivity index (χ1) is 13.0. The lowest BCUT2D eigenvalue weighted by atomic mass is 10.2. The number of amides is 1. The lowest BCUT2D eigenvalue weighted by Crippen LogP contribution is -2.15. The molecular formula is C19H17F2N3O2S. The molecule has 3 aromatic rings. The van der Waals surface area contributed by atoms with Gasteiger partial charge in [0.05, 0.1) is 24.3 Å². The van der Waals surface area contributed by atoms with E-state index in [2.05, 4.69) is 10.3 Å². The third-order valence-electron chi connectivity index (χ3n) is 3.78. The number of anilines is 1. The minimum absolute atomic E-state index is 0.0999. The van der Waals surface area contributed by atoms with Gasteiger partial charge >= 0.3 is 0 Å². The monoisotopic (exact) mass is 389 g/mol. The van der Waals surface area contributed by atoms with Crippen LogP contribution in [0.4, 0.5) is 14.5 Å². The minimum Gasteiger partial charge on any atom is -0.390 e. The van der Waals surface area contributed by atoms with E-state index in [1.807, 2.05) is 0 Å². The number of nitrogens with zero attached hydrogens (tertiary/aromatic N) is 2. The lowest BCUT2D eigenvalue weighted by Gasteiger charge is -2.11. The number of carbonyl (C=O) groups is 1. The van der Waals surface area contributed by atoms with Crippen molar-refractivity contribution in [1.29, 1.82) is 0 Å². The second kappa shape index (κ2) is 8.79. The van der Waals surface area contributed by atoms with Gasteiger partial charge in [-0.15, -0.1) is 0 Å². The van der Waals surface area contributed by atoms with Crippen LogP contribution in [0.1, 0.15) is 11.3 Å². The predicted octanol–water partition coefficient (Wildman–Crippen LogP) is 3.43. The molecule has 0 aliphatic carbocycles. The molecule has 140 valence electrons. The Labute approximate surface area is 159 Å². The highest BCUT2D eigenvalue weighted by atomic mass is 32.2. The highest BCUT2D eigenvalue weighted by Crippen LogP contribution is 2.21. The summed E-state index contributed by atoms with van der Waals surface area (Å²) in [6, 6.07) is 11.6. The molecule has 0 spiro atoms. The first-order valence-corrected chi connectivity index (χ1v) is 9.11. The maximum atomic E-state index is 13.1. The fourth-order valence-corrected chi connectivity index (χ4v) is 3.23. The number of carbonyl (C=O) groups excluding carboxylic acids is 1. The zero-order valence-corrected chi connectivity index (χ0v) is 15.0. The number of benzene rings is 2. The van der Waals surface area contributed by atoms with Gasteiger partial charge in [0, 0.05) is 12.2 Å². The normalized spacial score (nSPS) is 10.8. The van der Waals surface area contributed by atoms with Gasteiger partial charge in [-0.05, 0) is 42.0 Å². The van der Waals surface area contributed by atoms with E-state index >= 15 is 0 Å². The van der Waals surface area contributed by atoms with Crippen LogP contribution in [-0.4, -0.2) is 26.3 Å². The van der Waals surface area contributed by atoms with E-state index < -0.39 is 0 Å². The Kier molecular flexibility index (Phi) is 6.20. The lowest BCUT2D eigenvalue weighted by molar-refractivity contribution is -0.113. The zero-order valence-electron chi connectivity index (χ0n) is 14.2. The Hall–Kier alpha value is -2.71. The van der Waals surface area contributed by atoms with Crippen molar-refractivity contribution in [2.75, 3.05) is 11.1 Å². The number of aromatic nitrogens is 2. The van der Waals surface area contributed by atoms with Gasteiger partial charge in [0.1, 0.15) is 11.6 Å². The van der Waals surface area contributed by atoms with Crippen LogP contribution in [0, 0.1) is 11.6 Å². The zero-order chi connectivity index (χ0) is 19.2. The number of aliphatic hydroxyl groups excluding tert-OH is 1. The van der Waals surface area contributed by atoms with Gasteiger partial charge in [-0.25, -0.2) is 13.8 Å². The second-order valence-electron chi connectivity index (χ2n) is 5.75. The van der Waals surface area contributed by atoms with Crippen LogP contribution in [-0.2, 0) is 17.9 Å². The molecule has 1 amide bonds. The van der Waals surface area contributed by atoms with E-state index in [0.29, 0.717) is 23.1 Å². The quantitative estimate of drug-likeness (QED) is 0.608. The van der Waals surface area contributed by atoms with Crippen molar-refractivity contribution in [2.45, 2.75) is 18.3 Å². The smallest absolute Gasteiger partial charge is 0.234 e. The largest absolute Gasteiger partial charge is 0.390 e. The van der Waals surface area contributed by atoms with Crippen LogP contribution >= 0.6 is 11.8 Å². The molecule has 0 unspecified atom stereocenters. The van der Waals surface area contributed by atoms with E-state index in [9.17, 15) is 18.7 Å². The summed E-state index contributed by atoms with van der Waals surface area (Å²) in [7, 11) is 0. The predicted molar refractivity (Wildman–Crippen MR) is 99.4 cm³/mol. The molecule has 0 fully saturated rings. The second-order valence-corrected chi connectivity index (χ2v) is 6.69. The van der Waals surface area contributed by atoms with E-state index in [4.69, 9.17) is 0 Å². The molecule has 0 atom stereocenters. The van der Waals surface area contributed by atoms with Crippen LogP contribution in [0.2, 0.25) is 0 Å². The van der Waals surface area contributed by atoms with Crippen LogP contribution in [0.3, 0.4) is 0 Å². The number of hydrogen-bond donors (Lipinski definition) is 2. The van der Waals surface area contributed by atoms with Gasteiger partial charge in [-0.2, -0.15) is 0 Å². The number of thioether (sulfide) groups is 1. The molecule has 2 aromatic carbocycles. The van der Waals surface area contributed by atoms with Gasteiger partial charge in [0.15, 0.2) is 5.16 Å². The summed E-state index contributed by atoms with van der Waals surface area (Å²) in [5.74, 6) is -0.850. The Morgan fingerprint density at radius 2 is 1.70 bits per heavy atom. The van der Waals surface area contributed by atoms with Crippen LogP contribution < -0.4 is 5.32 Å². The molecular weight excluding hydrogens is 372 g/mol. The molecule has 1 heterocycles. The fourth-order valence-electron chi connectivity index (χ4n) is 2.44. The first kappa shape index (κ1) is 19.1. The van der Waals surface area contributed by atoms with Crippen molar-refractivity contribution < 1.29 is 18.7 Å². The molecule has 0 aliphatic heterocycles. The number of rotatable bonds is 7. The molecule has 0 aliphatic rings. The first-order valence-electron chi connectivity index (χ1n) is 8.13. The molecule has 0 saturated heterocycles. The van der Waals surface area contributed by atoms with Crippen LogP contribution in [0.25, 0.3) is 0 Å². The molecule has 5 nitrogen and oxygen atoms in total. The maximum Gasteiger partial charge on any atom is 0.234 e. The number of aliphatic hydroxyl groups is 1. The number of halogens is 2. The van der Waals surface area contributed by atoms with Gasteiger partial charge in [0.25, 0.3) is 0 Å². The molecule has 0 radical (unpaired) electrons. The summed E-state index contributed by atoms with van der Waals surface area (Å²) < 4.78 is 27.8. The summed E-state index contributed by atoms with van der Waals surface area (Å²) >= 11 is 1.22. The molecule has 3 rings (SSSR count). The molecule has 2 N–H and O–H groups in total. The van der Waals surface area contributed by atoms with Crippen molar-refractivity contribution in [3.63, 3.8) is 0 Å². The number of nitrogens with one attached hydrogen (secondary N) is 1. The summed E-state index contributed by atoms with van der Waals surface area (Å²) in [5, 5.41) is 12.8. The minimum atomic E-state index is -0.373. The van der Waals surface area contributed by atoms with E-state index in [1.165, 1.54) is 48.2 Å². The fraction of sp³-hybridized carbons (Fsp3) is 0.158. The number of hydrogen-bond acceptors (Lipinski definition) is 4. The summed E-state index contributed by atoms with van der Waals surface area (Å²) in [4.78, 5) is 16.4. The van der Waals surface area contributed by atoms with Crippen molar-refractivity contribution in [3.8, 4) is 0 Å².